The number of hydrogen-bond acceptors (Lipinski definition) is 5. The Morgan fingerprint density at radius 2 is 1.77 bits per heavy atom. The number of H-pyrrole nitrogens is 1. The molecule has 0 bridgehead atoms. The number of aromatic nitrogens is 2. The van der Waals surface area contributed by atoms with E-state index in [4.69, 9.17) is 14.2 Å². The third kappa shape index (κ3) is 3.74. The minimum atomic E-state index is -0.0321. The number of methoxy groups -OCH3 is 3. The minimum absolute atomic E-state index is 0.0321. The maximum absolute atomic E-state index is 12.0. The minimum Gasteiger partial charge on any atom is -0.493 e. The number of benzene rings is 1. The lowest BCUT2D eigenvalue weighted by molar-refractivity contribution is 0.0946. The fraction of sp³-hybridized carbons (Fsp3) is 0.217. The molecule has 7 heteroatoms. The van der Waals surface area contributed by atoms with E-state index in [2.05, 4.69) is 15.3 Å². The highest BCUT2D eigenvalue weighted by Gasteiger charge is 2.20. The number of aromatic amines is 1. The first kappa shape index (κ1) is 19.6. The normalized spacial score (nSPS) is 13.1. The summed E-state index contributed by atoms with van der Waals surface area (Å²) in [5.74, 6) is 1.70. The molecule has 0 radical (unpaired) electrons. The zero-order chi connectivity index (χ0) is 21.1. The number of pyridine rings is 1. The van der Waals surface area contributed by atoms with Gasteiger partial charge in [0, 0.05) is 36.1 Å². The summed E-state index contributed by atoms with van der Waals surface area (Å²) in [5, 5.41) is 2.87. The molecule has 0 atom stereocenters. The number of carbonyl (C=O) groups is 1. The Kier molecular flexibility index (Phi) is 5.43. The van der Waals surface area contributed by atoms with Crippen molar-refractivity contribution in [3.05, 3.63) is 59.0 Å². The fourth-order valence-electron chi connectivity index (χ4n) is 3.54. The molecule has 2 aromatic heterocycles. The summed E-state index contributed by atoms with van der Waals surface area (Å²) in [5.41, 5.74) is 5.24. The first-order valence-electron chi connectivity index (χ1n) is 9.57. The molecule has 0 spiro atoms. The van der Waals surface area contributed by atoms with Crippen molar-refractivity contribution >= 4 is 18.1 Å². The highest BCUT2D eigenvalue weighted by Crippen LogP contribution is 2.38. The van der Waals surface area contributed by atoms with Gasteiger partial charge >= 0.3 is 0 Å². The van der Waals surface area contributed by atoms with Gasteiger partial charge in [0.25, 0.3) is 5.91 Å². The number of ether oxygens (including phenoxy) is 3. The van der Waals surface area contributed by atoms with Crippen LogP contribution in [-0.4, -0.2) is 43.7 Å². The van der Waals surface area contributed by atoms with E-state index >= 15 is 0 Å². The largest absolute Gasteiger partial charge is 0.493 e. The molecule has 0 unspecified atom stereocenters. The van der Waals surface area contributed by atoms with Gasteiger partial charge in [-0.25, -0.2) is 0 Å². The van der Waals surface area contributed by atoms with Gasteiger partial charge < -0.3 is 24.5 Å². The van der Waals surface area contributed by atoms with Gasteiger partial charge in [0.2, 0.25) is 5.75 Å². The van der Waals surface area contributed by atoms with Crippen LogP contribution in [0.2, 0.25) is 0 Å². The Hall–Kier alpha value is -3.74. The summed E-state index contributed by atoms with van der Waals surface area (Å²) in [6, 6.07) is 9.54. The Bertz CT molecular complexity index is 1090. The molecule has 30 heavy (non-hydrogen) atoms. The van der Waals surface area contributed by atoms with Crippen LogP contribution in [0.4, 0.5) is 0 Å². The summed E-state index contributed by atoms with van der Waals surface area (Å²) in [4.78, 5) is 19.8. The van der Waals surface area contributed by atoms with Gasteiger partial charge in [-0.2, -0.15) is 0 Å². The number of fused-ring (bicyclic) bond motifs is 1. The molecule has 1 aromatic carbocycles. The maximum Gasteiger partial charge on any atom is 0.253 e. The number of amides is 1. The topological polar surface area (TPSA) is 85.5 Å². The second-order valence-electron chi connectivity index (χ2n) is 6.84. The van der Waals surface area contributed by atoms with Crippen LogP contribution in [0.15, 0.2) is 36.5 Å². The first-order valence-corrected chi connectivity index (χ1v) is 9.57. The van der Waals surface area contributed by atoms with Crippen LogP contribution in [0.25, 0.3) is 23.4 Å². The molecule has 1 aliphatic rings. The van der Waals surface area contributed by atoms with Gasteiger partial charge in [-0.3, -0.25) is 9.78 Å². The molecule has 0 aliphatic carbocycles. The maximum atomic E-state index is 12.0. The quantitative estimate of drug-likeness (QED) is 0.655. The van der Waals surface area contributed by atoms with E-state index in [0.717, 1.165) is 34.6 Å². The molecular weight excluding hydrogens is 382 g/mol. The standard InChI is InChI=1S/C23H23N3O4/c1-28-20-10-14(11-21(29-2)22(20)30-3)4-5-16-12-15(6-8-24-16)19-13-17-18(26-19)7-9-25-23(17)27/h4-6,8,10-13,26H,7,9H2,1-3H3,(H,25,27). The van der Waals surface area contributed by atoms with Crippen molar-refractivity contribution in [2.75, 3.05) is 27.9 Å². The molecule has 0 fully saturated rings. The molecule has 0 saturated heterocycles. The lowest BCUT2D eigenvalue weighted by Gasteiger charge is -2.12. The number of rotatable bonds is 6. The van der Waals surface area contributed by atoms with E-state index in [1.807, 2.05) is 42.5 Å². The lowest BCUT2D eigenvalue weighted by Crippen LogP contribution is -2.31. The van der Waals surface area contributed by atoms with Gasteiger partial charge in [0.05, 0.1) is 32.6 Å². The van der Waals surface area contributed by atoms with Crippen molar-refractivity contribution in [1.82, 2.24) is 15.3 Å². The highest BCUT2D eigenvalue weighted by molar-refractivity contribution is 5.97. The van der Waals surface area contributed by atoms with E-state index in [9.17, 15) is 4.79 Å². The zero-order valence-electron chi connectivity index (χ0n) is 17.1. The summed E-state index contributed by atoms with van der Waals surface area (Å²) < 4.78 is 16.2. The number of hydrogen-bond donors (Lipinski definition) is 2. The summed E-state index contributed by atoms with van der Waals surface area (Å²) in [7, 11) is 4.76. The Morgan fingerprint density at radius 1 is 1.00 bits per heavy atom. The van der Waals surface area contributed by atoms with Gasteiger partial charge in [-0.1, -0.05) is 6.08 Å². The second kappa shape index (κ2) is 8.32. The molecule has 1 aliphatic heterocycles. The van der Waals surface area contributed by atoms with Crippen molar-refractivity contribution in [3.63, 3.8) is 0 Å². The SMILES string of the molecule is COc1cc(C=Cc2cc(-c3cc4c([nH]3)CCNC4=O)ccn2)cc(OC)c1OC. The van der Waals surface area contributed by atoms with Crippen molar-refractivity contribution in [2.24, 2.45) is 0 Å². The predicted molar refractivity (Wildman–Crippen MR) is 115 cm³/mol. The fourth-order valence-corrected chi connectivity index (χ4v) is 3.54. The Morgan fingerprint density at radius 3 is 2.43 bits per heavy atom. The van der Waals surface area contributed by atoms with Crippen LogP contribution in [0.1, 0.15) is 27.3 Å². The van der Waals surface area contributed by atoms with Crippen LogP contribution in [0, 0.1) is 0 Å². The summed E-state index contributed by atoms with van der Waals surface area (Å²) >= 11 is 0. The Balaban J connectivity index is 1.63. The monoisotopic (exact) mass is 405 g/mol. The average molecular weight is 405 g/mol. The zero-order valence-corrected chi connectivity index (χ0v) is 17.1. The van der Waals surface area contributed by atoms with E-state index in [1.54, 1.807) is 27.5 Å². The van der Waals surface area contributed by atoms with Gasteiger partial charge in [0.1, 0.15) is 0 Å². The van der Waals surface area contributed by atoms with Gasteiger partial charge in [0.15, 0.2) is 11.5 Å². The van der Waals surface area contributed by atoms with Crippen LogP contribution in [0.3, 0.4) is 0 Å². The van der Waals surface area contributed by atoms with Crippen LogP contribution >= 0.6 is 0 Å². The lowest BCUT2D eigenvalue weighted by atomic mass is 10.1. The molecule has 0 saturated carbocycles. The van der Waals surface area contributed by atoms with Crippen LogP contribution in [0.5, 0.6) is 17.2 Å². The second-order valence-corrected chi connectivity index (χ2v) is 6.84. The highest BCUT2D eigenvalue weighted by atomic mass is 16.5. The number of nitrogens with zero attached hydrogens (tertiary/aromatic N) is 1. The first-order chi connectivity index (χ1) is 14.6. The molecule has 154 valence electrons. The molecule has 4 rings (SSSR count). The van der Waals surface area contributed by atoms with E-state index < -0.39 is 0 Å². The van der Waals surface area contributed by atoms with Crippen molar-refractivity contribution in [3.8, 4) is 28.5 Å². The molecular formula is C23H23N3O4. The third-order valence-corrected chi connectivity index (χ3v) is 5.03. The van der Waals surface area contributed by atoms with Gasteiger partial charge in [-0.15, -0.1) is 0 Å². The van der Waals surface area contributed by atoms with Crippen molar-refractivity contribution in [1.29, 1.82) is 0 Å². The third-order valence-electron chi connectivity index (χ3n) is 5.03. The number of carbonyl (C=O) groups excluding carboxylic acids is 1. The van der Waals surface area contributed by atoms with Crippen molar-refractivity contribution < 1.29 is 19.0 Å². The molecule has 3 heterocycles. The van der Waals surface area contributed by atoms with Crippen LogP contribution in [-0.2, 0) is 6.42 Å². The van der Waals surface area contributed by atoms with Gasteiger partial charge in [-0.05, 0) is 42.0 Å². The van der Waals surface area contributed by atoms with E-state index in [1.165, 1.54) is 0 Å². The summed E-state index contributed by atoms with van der Waals surface area (Å²) in [6.45, 7) is 0.658. The van der Waals surface area contributed by atoms with E-state index in [-0.39, 0.29) is 5.91 Å². The number of nitrogens with one attached hydrogen (secondary N) is 2. The molecule has 1 amide bonds. The summed E-state index contributed by atoms with van der Waals surface area (Å²) in [6.07, 6.45) is 6.41. The van der Waals surface area contributed by atoms with Crippen molar-refractivity contribution in [2.45, 2.75) is 6.42 Å². The predicted octanol–water partition coefficient (Wildman–Crippen LogP) is 3.56. The van der Waals surface area contributed by atoms with E-state index in [0.29, 0.717) is 29.4 Å². The average Bonchev–Trinajstić information content (AvgIpc) is 3.23. The molecule has 7 nitrogen and oxygen atoms in total. The molecule has 3 aromatic rings. The smallest absolute Gasteiger partial charge is 0.253 e. The molecule has 2 N–H and O–H groups in total. The Labute approximate surface area is 174 Å². The van der Waals surface area contributed by atoms with Crippen LogP contribution < -0.4 is 19.5 Å².